The first-order valence-corrected chi connectivity index (χ1v) is 16.5. The molecule has 0 saturated carbocycles. The Kier molecular flexibility index (Phi) is 12.9. The van der Waals surface area contributed by atoms with Crippen LogP contribution in [-0.4, -0.2) is 75.2 Å². The molecule has 12 heteroatoms. The predicted molar refractivity (Wildman–Crippen MR) is 192 cm³/mol. The van der Waals surface area contributed by atoms with Crippen molar-refractivity contribution in [3.05, 3.63) is 130 Å². The Morgan fingerprint density at radius 3 is 1.90 bits per heavy atom. The Balaban J connectivity index is 1.33. The Bertz CT molecular complexity index is 2020. The maximum Gasteiger partial charge on any atom is 0.340 e. The lowest BCUT2D eigenvalue weighted by molar-refractivity contribution is -0.144. The molecule has 0 saturated heterocycles. The number of benzene rings is 4. The van der Waals surface area contributed by atoms with Crippen molar-refractivity contribution >= 4 is 58.3 Å². The molecule has 0 fully saturated rings. The molecule has 0 unspecified atom stereocenters. The van der Waals surface area contributed by atoms with E-state index in [-0.39, 0.29) is 85.4 Å². The van der Waals surface area contributed by atoms with E-state index in [0.717, 1.165) is 0 Å². The third kappa shape index (κ3) is 9.10. The summed E-state index contributed by atoms with van der Waals surface area (Å²) in [5.41, 5.74) is 3.10. The second-order valence-corrected chi connectivity index (χ2v) is 11.4. The lowest BCUT2D eigenvalue weighted by Gasteiger charge is -2.24. The van der Waals surface area contributed by atoms with Crippen LogP contribution in [0.15, 0.2) is 97.1 Å². The number of anilines is 4. The van der Waals surface area contributed by atoms with Crippen molar-refractivity contribution in [1.29, 1.82) is 0 Å². The van der Waals surface area contributed by atoms with Gasteiger partial charge in [0.2, 0.25) is 0 Å². The van der Waals surface area contributed by atoms with Crippen molar-refractivity contribution in [3.63, 3.8) is 0 Å². The zero-order chi connectivity index (χ0) is 36.9. The third-order valence-corrected chi connectivity index (χ3v) is 7.84. The summed E-state index contributed by atoms with van der Waals surface area (Å²) in [6.07, 6.45) is 3.55. The highest BCUT2D eigenvalue weighted by Gasteiger charge is 2.34. The summed E-state index contributed by atoms with van der Waals surface area (Å²) < 4.78 is 20.9. The molecule has 0 heterocycles. The van der Waals surface area contributed by atoms with Gasteiger partial charge in [0, 0.05) is 16.8 Å². The number of carbonyl (C=O) groups excluding carboxylic acids is 6. The Hall–Kier alpha value is -6.24. The van der Waals surface area contributed by atoms with Crippen LogP contribution in [0.25, 0.3) is 0 Å². The van der Waals surface area contributed by atoms with E-state index in [4.69, 9.17) is 18.9 Å². The number of para-hydroxylation sites is 2. The summed E-state index contributed by atoms with van der Waals surface area (Å²) in [6, 6.07) is 23.4. The fraction of sp³-hybridized carbons (Fsp3) is 0.200. The van der Waals surface area contributed by atoms with Gasteiger partial charge in [-0.1, -0.05) is 60.7 Å². The van der Waals surface area contributed by atoms with Crippen LogP contribution in [0.3, 0.4) is 0 Å². The molecule has 0 radical (unpaired) electrons. The van der Waals surface area contributed by atoms with Crippen molar-refractivity contribution in [3.8, 4) is 0 Å². The number of aldehydes is 1. The number of carbonyl (C=O) groups is 6. The first-order chi connectivity index (χ1) is 25.3. The average Bonchev–Trinajstić information content (AvgIpc) is 3.14. The van der Waals surface area contributed by atoms with Gasteiger partial charge in [-0.05, 0) is 48.9 Å². The van der Waals surface area contributed by atoms with Crippen LogP contribution in [0.5, 0.6) is 0 Å². The first kappa shape index (κ1) is 37.0. The Labute approximate surface area is 299 Å². The van der Waals surface area contributed by atoms with Crippen LogP contribution in [0.4, 0.5) is 22.7 Å². The van der Waals surface area contributed by atoms with Crippen molar-refractivity contribution in [2.45, 2.75) is 13.3 Å². The molecule has 0 spiro atoms. The SMILES string of the molecule is C/C=C/C(=O)COCCOC(=O)c1ccccc1Nc1cccc2c1C(=O)c1cccc(Nc3ccccc3CC(=O)OCCOCC=O)c1C2=O. The molecule has 0 atom stereocenters. The van der Waals surface area contributed by atoms with Gasteiger partial charge in [0.1, 0.15) is 32.7 Å². The molecular weight excluding hydrogens is 668 g/mol. The third-order valence-electron chi connectivity index (χ3n) is 7.84. The maximum absolute atomic E-state index is 14.1. The quantitative estimate of drug-likeness (QED) is 0.0506. The van der Waals surface area contributed by atoms with Gasteiger partial charge in [-0.25, -0.2) is 4.79 Å². The van der Waals surface area contributed by atoms with Crippen molar-refractivity contribution in [2.24, 2.45) is 0 Å². The molecule has 12 nitrogen and oxygen atoms in total. The number of rotatable bonds is 18. The van der Waals surface area contributed by atoms with E-state index in [2.05, 4.69) is 10.6 Å². The molecule has 0 amide bonds. The predicted octanol–water partition coefficient (Wildman–Crippen LogP) is 5.57. The number of allylic oxidation sites excluding steroid dienone is 1. The molecule has 2 N–H and O–H groups in total. The molecular formula is C40H36N2O10. The number of ether oxygens (including phenoxy) is 4. The molecule has 52 heavy (non-hydrogen) atoms. The molecule has 0 aliphatic heterocycles. The van der Waals surface area contributed by atoms with Crippen LogP contribution in [0.1, 0.15) is 54.7 Å². The molecule has 4 aromatic rings. The van der Waals surface area contributed by atoms with Crippen molar-refractivity contribution in [1.82, 2.24) is 0 Å². The maximum atomic E-state index is 14.1. The summed E-state index contributed by atoms with van der Waals surface area (Å²) in [5, 5.41) is 6.40. The van der Waals surface area contributed by atoms with Gasteiger partial charge in [0.05, 0.1) is 53.4 Å². The summed E-state index contributed by atoms with van der Waals surface area (Å²) >= 11 is 0. The molecule has 1 aliphatic carbocycles. The largest absolute Gasteiger partial charge is 0.463 e. The fourth-order valence-corrected chi connectivity index (χ4v) is 5.54. The van der Waals surface area contributed by atoms with Crippen LogP contribution >= 0.6 is 0 Å². The van der Waals surface area contributed by atoms with Crippen LogP contribution in [-0.2, 0) is 39.8 Å². The smallest absolute Gasteiger partial charge is 0.340 e. The molecule has 266 valence electrons. The molecule has 4 aromatic carbocycles. The number of hydrogen-bond acceptors (Lipinski definition) is 12. The van der Waals surface area contributed by atoms with Gasteiger partial charge >= 0.3 is 11.9 Å². The normalized spacial score (nSPS) is 11.8. The minimum absolute atomic E-state index is 0.00589. The summed E-state index contributed by atoms with van der Waals surface area (Å²) in [5.74, 6) is -2.12. The van der Waals surface area contributed by atoms with E-state index >= 15 is 0 Å². The minimum Gasteiger partial charge on any atom is -0.463 e. The lowest BCUT2D eigenvalue weighted by Crippen LogP contribution is -2.23. The van der Waals surface area contributed by atoms with E-state index in [1.165, 1.54) is 6.08 Å². The topological polar surface area (TPSA) is 163 Å². The van der Waals surface area contributed by atoms with E-state index in [9.17, 15) is 28.8 Å². The number of nitrogens with one attached hydrogen (secondary N) is 2. The zero-order valence-corrected chi connectivity index (χ0v) is 28.3. The van der Waals surface area contributed by atoms with Gasteiger partial charge < -0.3 is 34.4 Å². The van der Waals surface area contributed by atoms with Crippen LogP contribution < -0.4 is 10.6 Å². The molecule has 5 rings (SSSR count). The second-order valence-electron chi connectivity index (χ2n) is 11.4. The first-order valence-electron chi connectivity index (χ1n) is 16.5. The summed E-state index contributed by atoms with van der Waals surface area (Å²) in [7, 11) is 0. The zero-order valence-electron chi connectivity index (χ0n) is 28.3. The van der Waals surface area contributed by atoms with Gasteiger partial charge in [-0.3, -0.25) is 19.2 Å². The van der Waals surface area contributed by atoms with E-state index in [1.54, 1.807) is 97.9 Å². The number of hydrogen-bond donors (Lipinski definition) is 2. The Morgan fingerprint density at radius 2 is 1.23 bits per heavy atom. The van der Waals surface area contributed by atoms with E-state index < -0.39 is 17.7 Å². The van der Waals surface area contributed by atoms with Crippen LogP contribution in [0, 0.1) is 0 Å². The number of esters is 2. The highest BCUT2D eigenvalue weighted by atomic mass is 16.6. The standard InChI is InChI=1S/C40H36N2O10/c1-2-9-27(44)25-50-21-23-52-40(48)28-11-4-6-15-32(28)42-34-17-8-13-30-37(34)39(47)29-12-7-16-33(36(29)38(30)46)41-31-14-5-3-10-26(31)24-35(45)51-22-20-49-19-18-43/h2-18,41-42H,19-25H2,1H3/b9-2+. The fourth-order valence-electron chi connectivity index (χ4n) is 5.54. The molecule has 1 aliphatic rings. The summed E-state index contributed by atoms with van der Waals surface area (Å²) in [6.45, 7) is 1.55. The van der Waals surface area contributed by atoms with E-state index in [0.29, 0.717) is 34.6 Å². The monoisotopic (exact) mass is 704 g/mol. The molecule has 0 bridgehead atoms. The van der Waals surface area contributed by atoms with Gasteiger partial charge in [-0.15, -0.1) is 0 Å². The van der Waals surface area contributed by atoms with Gasteiger partial charge in [0.25, 0.3) is 0 Å². The number of ketones is 3. The van der Waals surface area contributed by atoms with E-state index in [1.807, 2.05) is 0 Å². The van der Waals surface area contributed by atoms with Crippen molar-refractivity contribution in [2.75, 3.05) is 50.3 Å². The van der Waals surface area contributed by atoms with Gasteiger partial charge in [0.15, 0.2) is 17.3 Å². The highest BCUT2D eigenvalue weighted by Crippen LogP contribution is 2.38. The Morgan fingerprint density at radius 1 is 0.654 bits per heavy atom. The average molecular weight is 705 g/mol. The van der Waals surface area contributed by atoms with Gasteiger partial charge in [-0.2, -0.15) is 0 Å². The van der Waals surface area contributed by atoms with Crippen molar-refractivity contribution < 1.29 is 47.7 Å². The highest BCUT2D eigenvalue weighted by molar-refractivity contribution is 6.32. The number of fused-ring (bicyclic) bond motifs is 2. The van der Waals surface area contributed by atoms with Crippen LogP contribution in [0.2, 0.25) is 0 Å². The second kappa shape index (κ2) is 18.1. The minimum atomic E-state index is -0.642. The molecule has 0 aromatic heterocycles. The summed E-state index contributed by atoms with van der Waals surface area (Å²) in [4.78, 5) is 75.7. The lowest BCUT2D eigenvalue weighted by atomic mass is 9.82.